The van der Waals surface area contributed by atoms with Crippen LogP contribution in [0.1, 0.15) is 26.3 Å². The van der Waals surface area contributed by atoms with E-state index in [0.29, 0.717) is 12.6 Å². The normalized spacial score (nSPS) is 14.1. The predicted molar refractivity (Wildman–Crippen MR) is 77.9 cm³/mol. The molecule has 17 heavy (non-hydrogen) atoms. The second-order valence-corrected chi connectivity index (χ2v) is 6.48. The van der Waals surface area contributed by atoms with E-state index in [1.807, 2.05) is 6.07 Å². The Morgan fingerprint density at radius 3 is 2.35 bits per heavy atom. The lowest BCUT2D eigenvalue weighted by Crippen LogP contribution is -2.46. The topological polar surface area (TPSA) is 29.3 Å². The smallest absolute Gasteiger partial charge is 0.0267 e. The third kappa shape index (κ3) is 4.09. The van der Waals surface area contributed by atoms with Gasteiger partial charge in [0, 0.05) is 23.6 Å². The molecule has 2 N–H and O–H groups in total. The fraction of sp³-hybridized carbons (Fsp3) is 0.571. The first-order valence-electron chi connectivity index (χ1n) is 6.00. The molecular weight excluding hydrogens is 276 g/mol. The number of rotatable bonds is 4. The second-order valence-electron chi connectivity index (χ2n) is 5.62. The van der Waals surface area contributed by atoms with Gasteiger partial charge in [-0.1, -0.05) is 54.9 Å². The first-order valence-corrected chi connectivity index (χ1v) is 6.79. The van der Waals surface area contributed by atoms with Gasteiger partial charge in [0.2, 0.25) is 0 Å². The van der Waals surface area contributed by atoms with Crippen LogP contribution in [0.15, 0.2) is 28.7 Å². The zero-order valence-electron chi connectivity index (χ0n) is 11.2. The number of hydrogen-bond donors (Lipinski definition) is 1. The number of halogens is 1. The molecule has 0 radical (unpaired) electrons. The molecule has 0 aliphatic heterocycles. The minimum atomic E-state index is 0.199. The summed E-state index contributed by atoms with van der Waals surface area (Å²) in [7, 11) is 2.14. The van der Waals surface area contributed by atoms with Crippen LogP contribution >= 0.6 is 15.9 Å². The molecule has 1 aromatic rings. The molecule has 0 aromatic heterocycles. The molecule has 0 fully saturated rings. The van der Waals surface area contributed by atoms with Crippen molar-refractivity contribution in [3.63, 3.8) is 0 Å². The zero-order valence-corrected chi connectivity index (χ0v) is 12.8. The van der Waals surface area contributed by atoms with Crippen LogP contribution in [0.4, 0.5) is 0 Å². The van der Waals surface area contributed by atoms with Gasteiger partial charge in [0.15, 0.2) is 0 Å². The second kappa shape index (κ2) is 5.98. The first kappa shape index (κ1) is 14.7. The average molecular weight is 299 g/mol. The largest absolute Gasteiger partial charge is 0.329 e. The molecule has 0 spiro atoms. The van der Waals surface area contributed by atoms with E-state index in [0.717, 1.165) is 11.0 Å². The average Bonchev–Trinajstić information content (AvgIpc) is 2.20. The summed E-state index contributed by atoms with van der Waals surface area (Å²) >= 11 is 3.59. The summed E-state index contributed by atoms with van der Waals surface area (Å²) < 4.78 is 1.16. The minimum absolute atomic E-state index is 0.199. The molecule has 1 aromatic carbocycles. The van der Waals surface area contributed by atoms with Crippen molar-refractivity contribution in [2.45, 2.75) is 33.4 Å². The van der Waals surface area contributed by atoms with E-state index < -0.39 is 0 Å². The first-order chi connectivity index (χ1) is 7.86. The third-order valence-corrected chi connectivity index (χ3v) is 3.91. The van der Waals surface area contributed by atoms with Crippen molar-refractivity contribution < 1.29 is 0 Å². The van der Waals surface area contributed by atoms with E-state index in [4.69, 9.17) is 5.73 Å². The Bertz CT molecular complexity index is 357. The molecule has 0 saturated heterocycles. The van der Waals surface area contributed by atoms with Gasteiger partial charge in [-0.3, -0.25) is 4.90 Å². The van der Waals surface area contributed by atoms with Crippen LogP contribution in [0.3, 0.4) is 0 Å². The van der Waals surface area contributed by atoms with Crippen LogP contribution in [-0.2, 0) is 6.54 Å². The van der Waals surface area contributed by atoms with Crippen LogP contribution < -0.4 is 5.73 Å². The molecule has 2 nitrogen and oxygen atoms in total. The van der Waals surface area contributed by atoms with Crippen molar-refractivity contribution in [1.82, 2.24) is 4.90 Å². The summed E-state index contributed by atoms with van der Waals surface area (Å²) in [5.41, 5.74) is 7.40. The Hall–Kier alpha value is -0.380. The highest BCUT2D eigenvalue weighted by molar-refractivity contribution is 9.10. The van der Waals surface area contributed by atoms with Gasteiger partial charge in [0.1, 0.15) is 0 Å². The number of nitrogens with two attached hydrogens (primary N) is 1. The Morgan fingerprint density at radius 1 is 1.29 bits per heavy atom. The molecule has 96 valence electrons. The lowest BCUT2D eigenvalue weighted by molar-refractivity contribution is 0.125. The highest BCUT2D eigenvalue weighted by atomic mass is 79.9. The maximum atomic E-state index is 5.90. The molecule has 0 amide bonds. The number of likely N-dealkylation sites (N-methyl/N-ethyl adjacent to an activating group) is 1. The van der Waals surface area contributed by atoms with Gasteiger partial charge in [-0.2, -0.15) is 0 Å². The van der Waals surface area contributed by atoms with Crippen LogP contribution in [0.2, 0.25) is 0 Å². The van der Waals surface area contributed by atoms with Crippen molar-refractivity contribution in [1.29, 1.82) is 0 Å². The Morgan fingerprint density at radius 2 is 1.88 bits per heavy atom. The minimum Gasteiger partial charge on any atom is -0.329 e. The fourth-order valence-electron chi connectivity index (χ4n) is 2.20. The molecule has 0 heterocycles. The Labute approximate surface area is 113 Å². The Kier molecular flexibility index (Phi) is 5.17. The summed E-state index contributed by atoms with van der Waals surface area (Å²) in [6, 6.07) is 8.73. The summed E-state index contributed by atoms with van der Waals surface area (Å²) in [6.07, 6.45) is 0. The lowest BCUT2D eigenvalue weighted by atomic mass is 9.85. The Balaban J connectivity index is 2.78. The summed E-state index contributed by atoms with van der Waals surface area (Å²) in [5.74, 6) is 0. The van der Waals surface area contributed by atoms with Gasteiger partial charge in [-0.25, -0.2) is 0 Å². The molecule has 0 aliphatic rings. The molecule has 1 atom stereocenters. The van der Waals surface area contributed by atoms with Gasteiger partial charge in [0.25, 0.3) is 0 Å². The van der Waals surface area contributed by atoms with E-state index in [-0.39, 0.29) is 5.41 Å². The van der Waals surface area contributed by atoms with Gasteiger partial charge in [-0.15, -0.1) is 0 Å². The SMILES string of the molecule is CN(Cc1ccccc1Br)C(CN)C(C)(C)C. The highest BCUT2D eigenvalue weighted by Gasteiger charge is 2.27. The van der Waals surface area contributed by atoms with Crippen LogP contribution in [0, 0.1) is 5.41 Å². The predicted octanol–water partition coefficient (Wildman–Crippen LogP) is 3.25. The van der Waals surface area contributed by atoms with Crippen LogP contribution in [0.5, 0.6) is 0 Å². The van der Waals surface area contributed by atoms with Crippen molar-refractivity contribution in [2.75, 3.05) is 13.6 Å². The summed E-state index contributed by atoms with van der Waals surface area (Å²) in [6.45, 7) is 8.31. The van der Waals surface area contributed by atoms with Crippen molar-refractivity contribution >= 4 is 15.9 Å². The number of hydrogen-bond acceptors (Lipinski definition) is 2. The standard InChI is InChI=1S/C14H23BrN2/c1-14(2,3)13(9-16)17(4)10-11-7-5-6-8-12(11)15/h5-8,13H,9-10,16H2,1-4H3. The molecule has 0 saturated carbocycles. The fourth-order valence-corrected chi connectivity index (χ4v) is 2.61. The van der Waals surface area contributed by atoms with Gasteiger partial charge in [0.05, 0.1) is 0 Å². The summed E-state index contributed by atoms with van der Waals surface area (Å²) in [5, 5.41) is 0. The number of nitrogens with zero attached hydrogens (tertiary/aromatic N) is 1. The maximum Gasteiger partial charge on any atom is 0.0267 e. The quantitative estimate of drug-likeness (QED) is 0.924. The zero-order chi connectivity index (χ0) is 13.1. The summed E-state index contributed by atoms with van der Waals surface area (Å²) in [4.78, 5) is 2.33. The van der Waals surface area contributed by atoms with E-state index in [2.05, 4.69) is 66.8 Å². The maximum absolute atomic E-state index is 5.90. The van der Waals surface area contributed by atoms with Gasteiger partial charge in [-0.05, 0) is 24.1 Å². The number of benzene rings is 1. The molecule has 1 rings (SSSR count). The van der Waals surface area contributed by atoms with E-state index >= 15 is 0 Å². The van der Waals surface area contributed by atoms with Crippen LogP contribution in [-0.4, -0.2) is 24.5 Å². The molecular formula is C14H23BrN2. The van der Waals surface area contributed by atoms with E-state index in [9.17, 15) is 0 Å². The third-order valence-electron chi connectivity index (χ3n) is 3.13. The van der Waals surface area contributed by atoms with Crippen molar-refractivity contribution in [3.8, 4) is 0 Å². The molecule has 0 aliphatic carbocycles. The molecule has 1 unspecified atom stereocenters. The van der Waals surface area contributed by atoms with Crippen molar-refractivity contribution in [3.05, 3.63) is 34.3 Å². The molecule has 3 heteroatoms. The van der Waals surface area contributed by atoms with E-state index in [1.165, 1.54) is 5.56 Å². The highest BCUT2D eigenvalue weighted by Crippen LogP contribution is 2.25. The van der Waals surface area contributed by atoms with Crippen LogP contribution in [0.25, 0.3) is 0 Å². The lowest BCUT2D eigenvalue weighted by Gasteiger charge is -2.37. The van der Waals surface area contributed by atoms with Crippen molar-refractivity contribution in [2.24, 2.45) is 11.1 Å². The molecule has 0 bridgehead atoms. The van der Waals surface area contributed by atoms with Gasteiger partial charge < -0.3 is 5.73 Å². The van der Waals surface area contributed by atoms with E-state index in [1.54, 1.807) is 0 Å². The monoisotopic (exact) mass is 298 g/mol. The van der Waals surface area contributed by atoms with Gasteiger partial charge >= 0.3 is 0 Å².